The second kappa shape index (κ2) is 10.5. The Morgan fingerprint density at radius 3 is 2.43 bits per heavy atom. The molecule has 0 radical (unpaired) electrons. The minimum atomic E-state index is -0.640. The molecule has 0 aliphatic heterocycles. The van der Waals surface area contributed by atoms with Gasteiger partial charge in [-0.05, 0) is 44.5 Å². The Balaban J connectivity index is 2.14. The van der Waals surface area contributed by atoms with Gasteiger partial charge in [-0.25, -0.2) is 0 Å². The van der Waals surface area contributed by atoms with Crippen LogP contribution in [-0.2, 0) is 16.1 Å². The van der Waals surface area contributed by atoms with Gasteiger partial charge in [-0.15, -0.1) is 0 Å². The number of benzene rings is 2. The Hall–Kier alpha value is -2.05. The van der Waals surface area contributed by atoms with Crippen molar-refractivity contribution >= 4 is 39.3 Å². The molecule has 150 valence electrons. The first-order chi connectivity index (χ1) is 13.3. The maximum atomic E-state index is 12.9. The summed E-state index contributed by atoms with van der Waals surface area (Å²) in [5, 5.41) is 3.26. The number of hydrogen-bond acceptors (Lipinski definition) is 3. The Labute approximate surface area is 179 Å². The van der Waals surface area contributed by atoms with Gasteiger partial charge in [0, 0.05) is 17.1 Å². The Kier molecular flexibility index (Phi) is 8.33. The van der Waals surface area contributed by atoms with Gasteiger partial charge in [-0.1, -0.05) is 57.9 Å². The Bertz CT molecular complexity index is 815. The molecule has 0 aliphatic carbocycles. The molecule has 5 nitrogen and oxygen atoms in total. The zero-order valence-corrected chi connectivity index (χ0v) is 18.5. The quantitative estimate of drug-likeness (QED) is 0.625. The molecule has 0 saturated heterocycles. The molecule has 2 rings (SSSR count). The van der Waals surface area contributed by atoms with Crippen LogP contribution in [0.25, 0.3) is 0 Å². The second-order valence-corrected chi connectivity index (χ2v) is 8.03. The van der Waals surface area contributed by atoms with Gasteiger partial charge in [-0.3, -0.25) is 9.59 Å². The van der Waals surface area contributed by atoms with Crippen molar-refractivity contribution in [2.45, 2.75) is 39.4 Å². The van der Waals surface area contributed by atoms with E-state index < -0.39 is 6.04 Å². The molecule has 7 heteroatoms. The van der Waals surface area contributed by atoms with Crippen molar-refractivity contribution < 1.29 is 14.3 Å². The van der Waals surface area contributed by atoms with Crippen LogP contribution in [0.1, 0.15) is 26.3 Å². The summed E-state index contributed by atoms with van der Waals surface area (Å²) < 4.78 is 6.43. The lowest BCUT2D eigenvalue weighted by molar-refractivity contribution is -0.142. The molecule has 2 aromatic carbocycles. The summed E-state index contributed by atoms with van der Waals surface area (Å²) in [6.07, 6.45) is 0. The predicted molar refractivity (Wildman–Crippen MR) is 114 cm³/mol. The molecule has 1 atom stereocenters. The monoisotopic (exact) mass is 466 g/mol. The van der Waals surface area contributed by atoms with Gasteiger partial charge in [0.2, 0.25) is 5.91 Å². The zero-order chi connectivity index (χ0) is 20.7. The second-order valence-electron chi connectivity index (χ2n) is 6.71. The van der Waals surface area contributed by atoms with Crippen LogP contribution in [-0.4, -0.2) is 35.4 Å². The van der Waals surface area contributed by atoms with E-state index in [1.54, 1.807) is 25.1 Å². The Morgan fingerprint density at radius 2 is 1.82 bits per heavy atom. The van der Waals surface area contributed by atoms with E-state index in [0.29, 0.717) is 17.3 Å². The first kappa shape index (κ1) is 22.2. The lowest BCUT2D eigenvalue weighted by Gasteiger charge is -2.29. The number of carbonyl (C=O) groups excluding carboxylic acids is 2. The molecule has 0 heterocycles. The predicted octanol–water partition coefficient (Wildman–Crippen LogP) is 4.42. The molecule has 0 unspecified atom stereocenters. The third-order valence-electron chi connectivity index (χ3n) is 4.04. The van der Waals surface area contributed by atoms with Crippen molar-refractivity contribution in [3.8, 4) is 5.75 Å². The number of carbonyl (C=O) groups is 2. The Morgan fingerprint density at radius 1 is 1.14 bits per heavy atom. The number of rotatable bonds is 8. The van der Waals surface area contributed by atoms with Crippen LogP contribution in [0.5, 0.6) is 5.75 Å². The number of nitrogens with zero attached hydrogens (tertiary/aromatic N) is 1. The smallest absolute Gasteiger partial charge is 0.261 e. The van der Waals surface area contributed by atoms with E-state index in [1.165, 1.54) is 4.90 Å². The van der Waals surface area contributed by atoms with Crippen LogP contribution in [0.4, 0.5) is 0 Å². The van der Waals surface area contributed by atoms with Gasteiger partial charge in [0.05, 0.1) is 5.02 Å². The summed E-state index contributed by atoms with van der Waals surface area (Å²) in [6.45, 7) is 5.57. The van der Waals surface area contributed by atoms with Gasteiger partial charge in [0.1, 0.15) is 11.8 Å². The van der Waals surface area contributed by atoms with Gasteiger partial charge in [-0.2, -0.15) is 0 Å². The summed E-state index contributed by atoms with van der Waals surface area (Å²) in [5.41, 5.74) is 0.932. The van der Waals surface area contributed by atoms with Crippen LogP contribution in [0.2, 0.25) is 5.02 Å². The fraction of sp³-hybridized carbons (Fsp3) is 0.333. The number of hydrogen-bond donors (Lipinski definition) is 1. The number of amides is 2. The molecule has 1 N–H and O–H groups in total. The molecule has 2 aromatic rings. The van der Waals surface area contributed by atoms with E-state index in [0.717, 1.165) is 10.0 Å². The minimum Gasteiger partial charge on any atom is -0.482 e. The van der Waals surface area contributed by atoms with E-state index in [1.807, 2.05) is 44.2 Å². The van der Waals surface area contributed by atoms with E-state index in [2.05, 4.69) is 21.2 Å². The molecule has 0 aromatic heterocycles. The lowest BCUT2D eigenvalue weighted by Crippen LogP contribution is -2.50. The molecule has 0 aliphatic rings. The highest BCUT2D eigenvalue weighted by atomic mass is 79.9. The third-order valence-corrected chi connectivity index (χ3v) is 4.83. The van der Waals surface area contributed by atoms with Crippen molar-refractivity contribution in [3.05, 3.63) is 63.6 Å². The van der Waals surface area contributed by atoms with Crippen molar-refractivity contribution in [1.82, 2.24) is 10.2 Å². The molecule has 28 heavy (non-hydrogen) atoms. The van der Waals surface area contributed by atoms with Gasteiger partial charge in [0.15, 0.2) is 6.61 Å². The van der Waals surface area contributed by atoms with E-state index in [-0.39, 0.29) is 24.5 Å². The fourth-order valence-corrected chi connectivity index (χ4v) is 3.31. The molecule has 0 saturated carbocycles. The number of halogens is 2. The topological polar surface area (TPSA) is 58.6 Å². The van der Waals surface area contributed by atoms with Crippen LogP contribution in [0.3, 0.4) is 0 Å². The van der Waals surface area contributed by atoms with Crippen LogP contribution in [0, 0.1) is 0 Å². The van der Waals surface area contributed by atoms with Gasteiger partial charge in [0.25, 0.3) is 5.91 Å². The zero-order valence-electron chi connectivity index (χ0n) is 16.1. The molecular weight excluding hydrogens is 444 g/mol. The van der Waals surface area contributed by atoms with Crippen molar-refractivity contribution in [3.63, 3.8) is 0 Å². The van der Waals surface area contributed by atoms with E-state index in [4.69, 9.17) is 16.3 Å². The fourth-order valence-electron chi connectivity index (χ4n) is 2.58. The normalized spacial score (nSPS) is 11.8. The van der Waals surface area contributed by atoms with Crippen LogP contribution < -0.4 is 10.1 Å². The molecule has 0 bridgehead atoms. The van der Waals surface area contributed by atoms with Crippen LogP contribution >= 0.6 is 27.5 Å². The molecule has 0 spiro atoms. The largest absolute Gasteiger partial charge is 0.482 e. The van der Waals surface area contributed by atoms with Crippen molar-refractivity contribution in [2.75, 3.05) is 6.61 Å². The summed E-state index contributed by atoms with van der Waals surface area (Å²) >= 11 is 9.48. The average molecular weight is 468 g/mol. The molecular formula is C21H24BrClN2O3. The molecule has 2 amide bonds. The van der Waals surface area contributed by atoms with E-state index >= 15 is 0 Å². The van der Waals surface area contributed by atoms with Crippen molar-refractivity contribution in [2.24, 2.45) is 0 Å². The first-order valence-electron chi connectivity index (χ1n) is 8.99. The maximum Gasteiger partial charge on any atom is 0.261 e. The summed E-state index contributed by atoms with van der Waals surface area (Å²) in [6, 6.07) is 14.1. The summed E-state index contributed by atoms with van der Waals surface area (Å²) in [5.74, 6) is -0.0904. The maximum absolute atomic E-state index is 12.9. The number of ether oxygens (including phenoxy) is 1. The summed E-state index contributed by atoms with van der Waals surface area (Å²) in [7, 11) is 0. The minimum absolute atomic E-state index is 0.0125. The van der Waals surface area contributed by atoms with Crippen molar-refractivity contribution in [1.29, 1.82) is 0 Å². The number of nitrogens with one attached hydrogen (secondary N) is 1. The third kappa shape index (κ3) is 6.53. The lowest BCUT2D eigenvalue weighted by atomic mass is 10.1. The van der Waals surface area contributed by atoms with Gasteiger partial charge >= 0.3 is 0 Å². The van der Waals surface area contributed by atoms with E-state index in [9.17, 15) is 9.59 Å². The standard InChI is InChI=1S/C21H24BrClN2O3/c1-14(2)24-21(27)15(3)25(12-16-7-5-4-6-8-16)20(26)13-28-19-10-9-17(22)11-18(19)23/h4-11,14-15H,12-13H2,1-3H3,(H,24,27)/t15-/m0/s1. The molecule has 0 fully saturated rings. The first-order valence-corrected chi connectivity index (χ1v) is 10.2. The summed E-state index contributed by atoms with van der Waals surface area (Å²) in [4.78, 5) is 26.9. The SMILES string of the molecule is CC(C)NC(=O)[C@H](C)N(Cc1ccccc1)C(=O)COc1ccc(Br)cc1Cl. The highest BCUT2D eigenvalue weighted by molar-refractivity contribution is 9.10. The highest BCUT2D eigenvalue weighted by Crippen LogP contribution is 2.27. The highest BCUT2D eigenvalue weighted by Gasteiger charge is 2.27. The van der Waals surface area contributed by atoms with Gasteiger partial charge < -0.3 is 15.0 Å². The average Bonchev–Trinajstić information content (AvgIpc) is 2.65. The van der Waals surface area contributed by atoms with Crippen LogP contribution in [0.15, 0.2) is 53.0 Å².